The third-order valence-electron chi connectivity index (χ3n) is 4.48. The topological polar surface area (TPSA) is 49.8 Å². The number of aryl methyl sites for hydroxylation is 2. The van der Waals surface area contributed by atoms with Crippen LogP contribution in [-0.4, -0.2) is 28.1 Å². The van der Waals surface area contributed by atoms with Gasteiger partial charge in [-0.15, -0.1) is 0 Å². The van der Waals surface area contributed by atoms with Crippen LogP contribution in [0.2, 0.25) is 0 Å². The number of piperidine rings is 1. The van der Waals surface area contributed by atoms with Gasteiger partial charge in [0.15, 0.2) is 0 Å². The van der Waals surface area contributed by atoms with E-state index < -0.39 is 0 Å². The summed E-state index contributed by atoms with van der Waals surface area (Å²) >= 11 is 0. The monoisotopic (exact) mass is 246 g/mol. The third kappa shape index (κ3) is 2.21. The number of anilines is 1. The largest absolute Gasteiger partial charge is 0.366 e. The van der Waals surface area contributed by atoms with Crippen molar-refractivity contribution in [1.29, 1.82) is 0 Å². The predicted molar refractivity (Wildman–Crippen MR) is 72.7 cm³/mol. The lowest BCUT2D eigenvalue weighted by molar-refractivity contribution is 0.135. The predicted octanol–water partition coefficient (Wildman–Crippen LogP) is 2.18. The zero-order chi connectivity index (χ0) is 12.6. The van der Waals surface area contributed by atoms with Crippen LogP contribution in [0.1, 0.15) is 43.5 Å². The number of nitrogens with zero attached hydrogens (tertiary/aromatic N) is 2. The van der Waals surface area contributed by atoms with E-state index in [1.165, 1.54) is 32.1 Å². The molecule has 1 atom stereocenters. The maximum absolute atomic E-state index is 4.56. The summed E-state index contributed by atoms with van der Waals surface area (Å²) in [6.07, 6.45) is 8.31. The number of hydrogen-bond acceptors (Lipinski definition) is 4. The van der Waals surface area contributed by atoms with E-state index in [0.29, 0.717) is 11.6 Å². The summed E-state index contributed by atoms with van der Waals surface area (Å²) in [5.41, 5.74) is 2.47. The molecule has 2 aliphatic rings. The van der Waals surface area contributed by atoms with Gasteiger partial charge in [-0.25, -0.2) is 4.98 Å². The van der Waals surface area contributed by atoms with Gasteiger partial charge >= 0.3 is 0 Å². The maximum Gasteiger partial charge on any atom is 0.145 e. The minimum absolute atomic E-state index is 0.434. The minimum Gasteiger partial charge on any atom is -0.366 e. The molecule has 4 nitrogen and oxygen atoms in total. The van der Waals surface area contributed by atoms with Crippen LogP contribution in [-0.2, 0) is 0 Å². The van der Waals surface area contributed by atoms with Gasteiger partial charge in [0.1, 0.15) is 5.82 Å². The van der Waals surface area contributed by atoms with Crippen molar-refractivity contribution < 1.29 is 0 Å². The van der Waals surface area contributed by atoms with Crippen molar-refractivity contribution in [3.05, 3.63) is 17.6 Å². The fraction of sp³-hybridized carbons (Fsp3) is 0.714. The highest BCUT2D eigenvalue weighted by Crippen LogP contribution is 2.38. The number of hydrogen-bond donors (Lipinski definition) is 2. The van der Waals surface area contributed by atoms with Crippen molar-refractivity contribution in [3.63, 3.8) is 0 Å². The van der Waals surface area contributed by atoms with Gasteiger partial charge in [-0.3, -0.25) is 4.98 Å². The highest BCUT2D eigenvalue weighted by molar-refractivity contribution is 5.35. The molecule has 2 heterocycles. The van der Waals surface area contributed by atoms with Crippen LogP contribution in [0, 0.1) is 13.8 Å². The lowest BCUT2D eigenvalue weighted by Crippen LogP contribution is -2.58. The molecule has 1 saturated heterocycles. The van der Waals surface area contributed by atoms with E-state index in [4.69, 9.17) is 0 Å². The fourth-order valence-corrected chi connectivity index (χ4v) is 3.09. The SMILES string of the molecule is Cc1ncc(NC2CCNC3(CCC3)C2)nc1C. The first-order valence-electron chi connectivity index (χ1n) is 6.99. The number of rotatable bonds is 2. The molecule has 1 aromatic rings. The summed E-state index contributed by atoms with van der Waals surface area (Å²) in [6.45, 7) is 5.14. The molecular weight excluding hydrogens is 224 g/mol. The molecular formula is C14H22N4. The van der Waals surface area contributed by atoms with Gasteiger partial charge in [0.2, 0.25) is 0 Å². The first-order chi connectivity index (χ1) is 8.67. The van der Waals surface area contributed by atoms with Gasteiger partial charge in [-0.2, -0.15) is 0 Å². The Hall–Kier alpha value is -1.16. The first kappa shape index (κ1) is 11.9. The van der Waals surface area contributed by atoms with Gasteiger partial charge in [-0.1, -0.05) is 0 Å². The highest BCUT2D eigenvalue weighted by Gasteiger charge is 2.40. The molecule has 1 aliphatic heterocycles. The number of aromatic nitrogens is 2. The minimum atomic E-state index is 0.434. The van der Waals surface area contributed by atoms with Crippen LogP contribution in [0.4, 0.5) is 5.82 Å². The molecule has 2 N–H and O–H groups in total. The second kappa shape index (κ2) is 4.50. The lowest BCUT2D eigenvalue weighted by atomic mass is 9.70. The van der Waals surface area contributed by atoms with Gasteiger partial charge in [-0.05, 0) is 52.5 Å². The lowest BCUT2D eigenvalue weighted by Gasteiger charge is -2.48. The number of nitrogens with one attached hydrogen (secondary N) is 2. The van der Waals surface area contributed by atoms with Crippen LogP contribution < -0.4 is 10.6 Å². The molecule has 1 aliphatic carbocycles. The second-order valence-corrected chi connectivity index (χ2v) is 5.82. The molecule has 1 spiro atoms. The van der Waals surface area contributed by atoms with Crippen molar-refractivity contribution in [2.45, 2.75) is 57.5 Å². The zero-order valence-electron chi connectivity index (χ0n) is 11.3. The summed E-state index contributed by atoms with van der Waals surface area (Å²) < 4.78 is 0. The molecule has 0 aromatic carbocycles. The average molecular weight is 246 g/mol. The van der Waals surface area contributed by atoms with Crippen molar-refractivity contribution >= 4 is 5.82 Å². The Labute approximate surface area is 109 Å². The van der Waals surface area contributed by atoms with Crippen LogP contribution in [0.15, 0.2) is 6.20 Å². The summed E-state index contributed by atoms with van der Waals surface area (Å²) in [5.74, 6) is 0.930. The fourth-order valence-electron chi connectivity index (χ4n) is 3.09. The van der Waals surface area contributed by atoms with E-state index in [-0.39, 0.29) is 0 Å². The normalized spacial score (nSPS) is 25.8. The summed E-state index contributed by atoms with van der Waals surface area (Å²) in [4.78, 5) is 8.94. The standard InChI is InChI=1S/C14H22N4/c1-10-11(2)17-13(9-15-10)18-12-4-7-16-14(8-12)5-3-6-14/h9,12,16H,3-8H2,1-2H3,(H,17,18). The molecule has 1 unspecified atom stereocenters. The summed E-state index contributed by atoms with van der Waals surface area (Å²) in [7, 11) is 0. The Balaban J connectivity index is 1.66. The van der Waals surface area contributed by atoms with Crippen LogP contribution in [0.3, 0.4) is 0 Å². The highest BCUT2D eigenvalue weighted by atomic mass is 15.1. The quantitative estimate of drug-likeness (QED) is 0.840. The molecule has 1 aromatic heterocycles. The van der Waals surface area contributed by atoms with E-state index in [1.807, 2.05) is 20.0 Å². The van der Waals surface area contributed by atoms with E-state index in [9.17, 15) is 0 Å². The second-order valence-electron chi connectivity index (χ2n) is 5.82. The van der Waals surface area contributed by atoms with Crippen molar-refractivity contribution in [2.75, 3.05) is 11.9 Å². The van der Waals surface area contributed by atoms with Crippen LogP contribution in [0.25, 0.3) is 0 Å². The van der Waals surface area contributed by atoms with Gasteiger partial charge in [0.05, 0.1) is 17.6 Å². The summed E-state index contributed by atoms with van der Waals surface area (Å²) in [5, 5.41) is 7.25. The average Bonchev–Trinajstić information content (AvgIpc) is 2.32. The third-order valence-corrected chi connectivity index (χ3v) is 4.48. The van der Waals surface area contributed by atoms with Crippen molar-refractivity contribution in [2.24, 2.45) is 0 Å². The molecule has 2 fully saturated rings. The Morgan fingerprint density at radius 1 is 1.33 bits per heavy atom. The zero-order valence-corrected chi connectivity index (χ0v) is 11.3. The Morgan fingerprint density at radius 3 is 2.83 bits per heavy atom. The smallest absolute Gasteiger partial charge is 0.145 e. The Morgan fingerprint density at radius 2 is 2.17 bits per heavy atom. The van der Waals surface area contributed by atoms with Crippen molar-refractivity contribution in [3.8, 4) is 0 Å². The molecule has 4 heteroatoms. The van der Waals surface area contributed by atoms with E-state index in [1.54, 1.807) is 0 Å². The van der Waals surface area contributed by atoms with Gasteiger partial charge in [0.25, 0.3) is 0 Å². The molecule has 0 amide bonds. The molecule has 3 rings (SSSR count). The van der Waals surface area contributed by atoms with Gasteiger partial charge in [0, 0.05) is 11.6 Å². The maximum atomic E-state index is 4.56. The van der Waals surface area contributed by atoms with Crippen LogP contribution in [0.5, 0.6) is 0 Å². The van der Waals surface area contributed by atoms with Crippen LogP contribution >= 0.6 is 0 Å². The molecule has 98 valence electrons. The molecule has 0 bridgehead atoms. The van der Waals surface area contributed by atoms with E-state index in [2.05, 4.69) is 20.6 Å². The first-order valence-corrected chi connectivity index (χ1v) is 6.99. The Bertz CT molecular complexity index is 439. The van der Waals surface area contributed by atoms with E-state index >= 15 is 0 Å². The Kier molecular flexibility index (Phi) is 2.98. The molecule has 0 radical (unpaired) electrons. The van der Waals surface area contributed by atoms with Crippen molar-refractivity contribution in [1.82, 2.24) is 15.3 Å². The van der Waals surface area contributed by atoms with E-state index in [0.717, 1.165) is 23.8 Å². The van der Waals surface area contributed by atoms with Gasteiger partial charge < -0.3 is 10.6 Å². The molecule has 1 saturated carbocycles. The summed E-state index contributed by atoms with van der Waals surface area (Å²) in [6, 6.07) is 0.544. The molecule has 18 heavy (non-hydrogen) atoms.